The van der Waals surface area contributed by atoms with Gasteiger partial charge in [0, 0.05) is 30.1 Å². The van der Waals surface area contributed by atoms with Gasteiger partial charge in [0.15, 0.2) is 0 Å². The van der Waals surface area contributed by atoms with Gasteiger partial charge in [0.2, 0.25) is 0 Å². The Balaban J connectivity index is 1.86. The molecule has 4 nitrogen and oxygen atoms in total. The SMILES string of the molecule is FC(F)(F)c1cccc(-n2nc(-c3ccncc3)c3c2NCC3)c1. The minimum atomic E-state index is -4.38. The van der Waals surface area contributed by atoms with Gasteiger partial charge in [-0.3, -0.25) is 4.98 Å². The summed E-state index contributed by atoms with van der Waals surface area (Å²) in [5.41, 5.74) is 2.38. The van der Waals surface area contributed by atoms with Gasteiger partial charge in [0.25, 0.3) is 0 Å². The fourth-order valence-electron chi connectivity index (χ4n) is 2.92. The Morgan fingerprint density at radius 3 is 2.62 bits per heavy atom. The summed E-state index contributed by atoms with van der Waals surface area (Å²) in [7, 11) is 0. The number of nitrogens with zero attached hydrogens (tertiary/aromatic N) is 3. The predicted molar refractivity (Wildman–Crippen MR) is 84.0 cm³/mol. The molecule has 2 aromatic heterocycles. The Labute approximate surface area is 136 Å². The van der Waals surface area contributed by atoms with Crippen LogP contribution in [0, 0.1) is 0 Å². The van der Waals surface area contributed by atoms with Crippen molar-refractivity contribution in [1.29, 1.82) is 0 Å². The van der Waals surface area contributed by atoms with E-state index in [1.165, 1.54) is 6.07 Å². The number of rotatable bonds is 2. The Morgan fingerprint density at radius 1 is 1.08 bits per heavy atom. The maximum absolute atomic E-state index is 13.0. The average molecular weight is 330 g/mol. The number of benzene rings is 1. The molecule has 0 spiro atoms. The lowest BCUT2D eigenvalue weighted by Gasteiger charge is -2.10. The molecule has 1 aromatic carbocycles. The summed E-state index contributed by atoms with van der Waals surface area (Å²) in [6, 6.07) is 8.88. The molecule has 0 radical (unpaired) electrons. The lowest BCUT2D eigenvalue weighted by atomic mass is 10.1. The zero-order valence-corrected chi connectivity index (χ0v) is 12.5. The molecule has 0 unspecified atom stereocenters. The molecule has 0 bridgehead atoms. The van der Waals surface area contributed by atoms with Gasteiger partial charge in [0.1, 0.15) is 5.82 Å². The van der Waals surface area contributed by atoms with Gasteiger partial charge in [0.05, 0.1) is 16.9 Å². The first kappa shape index (κ1) is 14.7. The minimum absolute atomic E-state index is 0.385. The molecule has 1 aliphatic rings. The van der Waals surface area contributed by atoms with Crippen LogP contribution in [-0.2, 0) is 12.6 Å². The maximum atomic E-state index is 13.0. The smallest absolute Gasteiger partial charge is 0.369 e. The van der Waals surface area contributed by atoms with E-state index in [0.29, 0.717) is 5.69 Å². The zero-order chi connectivity index (χ0) is 16.7. The van der Waals surface area contributed by atoms with Crippen LogP contribution in [0.3, 0.4) is 0 Å². The summed E-state index contributed by atoms with van der Waals surface area (Å²) < 4.78 is 40.5. The first-order chi connectivity index (χ1) is 11.5. The van der Waals surface area contributed by atoms with Crippen LogP contribution in [0.25, 0.3) is 16.9 Å². The normalized spacial score (nSPS) is 13.6. The van der Waals surface area contributed by atoms with Crippen LogP contribution in [0.1, 0.15) is 11.1 Å². The Morgan fingerprint density at radius 2 is 1.88 bits per heavy atom. The molecule has 0 fully saturated rings. The molecule has 4 rings (SSSR count). The monoisotopic (exact) mass is 330 g/mol. The standard InChI is InChI=1S/C17H13F3N4/c18-17(19,20)12-2-1-3-13(10-12)24-16-14(6-9-22-16)15(23-24)11-4-7-21-8-5-11/h1-5,7-8,10,22H,6,9H2. The van der Waals surface area contributed by atoms with Crippen LogP contribution in [0.15, 0.2) is 48.8 Å². The quantitative estimate of drug-likeness (QED) is 0.774. The second-order valence-electron chi connectivity index (χ2n) is 5.55. The van der Waals surface area contributed by atoms with Crippen LogP contribution in [0.2, 0.25) is 0 Å². The number of nitrogens with one attached hydrogen (secondary N) is 1. The Kier molecular flexibility index (Phi) is 3.30. The van der Waals surface area contributed by atoms with Crippen LogP contribution in [-0.4, -0.2) is 21.3 Å². The zero-order valence-electron chi connectivity index (χ0n) is 12.5. The lowest BCUT2D eigenvalue weighted by Crippen LogP contribution is -2.08. The van der Waals surface area contributed by atoms with Gasteiger partial charge >= 0.3 is 6.18 Å². The molecule has 3 heterocycles. The molecule has 0 saturated heterocycles. The van der Waals surface area contributed by atoms with Crippen molar-refractivity contribution in [3.05, 3.63) is 59.9 Å². The van der Waals surface area contributed by atoms with E-state index in [1.807, 2.05) is 12.1 Å². The van der Waals surface area contributed by atoms with Crippen molar-refractivity contribution in [3.8, 4) is 16.9 Å². The molecule has 0 saturated carbocycles. The third-order valence-corrected chi connectivity index (χ3v) is 4.02. The molecule has 7 heteroatoms. The highest BCUT2D eigenvalue weighted by atomic mass is 19.4. The van der Waals surface area contributed by atoms with E-state index in [1.54, 1.807) is 23.1 Å². The predicted octanol–water partition coefficient (Wildman–Crippen LogP) is 3.92. The number of aromatic nitrogens is 3. The first-order valence-electron chi connectivity index (χ1n) is 7.48. The molecule has 0 aliphatic carbocycles. The van der Waals surface area contributed by atoms with Crippen molar-refractivity contribution >= 4 is 5.82 Å². The van der Waals surface area contributed by atoms with E-state index in [2.05, 4.69) is 15.4 Å². The van der Waals surface area contributed by atoms with Crippen molar-refractivity contribution in [3.63, 3.8) is 0 Å². The van der Waals surface area contributed by atoms with Gasteiger partial charge in [-0.2, -0.15) is 18.3 Å². The van der Waals surface area contributed by atoms with Crippen molar-refractivity contribution in [1.82, 2.24) is 14.8 Å². The van der Waals surface area contributed by atoms with E-state index >= 15 is 0 Å². The van der Waals surface area contributed by atoms with Crippen LogP contribution >= 0.6 is 0 Å². The summed E-state index contributed by atoms with van der Waals surface area (Å²) in [6.07, 6.45) is -0.250. The van der Waals surface area contributed by atoms with E-state index in [0.717, 1.165) is 47.7 Å². The molecule has 1 N–H and O–H groups in total. The van der Waals surface area contributed by atoms with E-state index in [4.69, 9.17) is 0 Å². The molecule has 0 amide bonds. The third kappa shape index (κ3) is 2.42. The second kappa shape index (κ2) is 5.36. The van der Waals surface area contributed by atoms with Gasteiger partial charge in [-0.1, -0.05) is 6.07 Å². The van der Waals surface area contributed by atoms with Gasteiger partial charge < -0.3 is 5.32 Å². The van der Waals surface area contributed by atoms with Crippen molar-refractivity contribution in [2.75, 3.05) is 11.9 Å². The Bertz CT molecular complexity index is 885. The number of pyridine rings is 1. The summed E-state index contributed by atoms with van der Waals surface area (Å²) >= 11 is 0. The molecule has 122 valence electrons. The number of anilines is 1. The highest BCUT2D eigenvalue weighted by molar-refractivity contribution is 5.72. The molecular formula is C17H13F3N4. The van der Waals surface area contributed by atoms with Crippen LogP contribution < -0.4 is 5.32 Å². The highest BCUT2D eigenvalue weighted by Crippen LogP contribution is 2.36. The average Bonchev–Trinajstić information content (AvgIpc) is 3.17. The largest absolute Gasteiger partial charge is 0.416 e. The van der Waals surface area contributed by atoms with Gasteiger partial charge in [-0.25, -0.2) is 4.68 Å². The Hall–Kier alpha value is -2.83. The van der Waals surface area contributed by atoms with E-state index in [9.17, 15) is 13.2 Å². The summed E-state index contributed by atoms with van der Waals surface area (Å²) in [5.74, 6) is 0.751. The van der Waals surface area contributed by atoms with E-state index in [-0.39, 0.29) is 0 Å². The lowest BCUT2D eigenvalue weighted by molar-refractivity contribution is -0.137. The molecule has 1 aliphatic heterocycles. The first-order valence-corrected chi connectivity index (χ1v) is 7.48. The van der Waals surface area contributed by atoms with Crippen LogP contribution in [0.4, 0.5) is 19.0 Å². The van der Waals surface area contributed by atoms with Crippen molar-refractivity contribution < 1.29 is 13.2 Å². The van der Waals surface area contributed by atoms with E-state index < -0.39 is 11.7 Å². The molecule has 0 atom stereocenters. The van der Waals surface area contributed by atoms with Crippen molar-refractivity contribution in [2.24, 2.45) is 0 Å². The highest BCUT2D eigenvalue weighted by Gasteiger charge is 2.31. The van der Waals surface area contributed by atoms with Crippen LogP contribution in [0.5, 0.6) is 0 Å². The minimum Gasteiger partial charge on any atom is -0.369 e. The molecule has 3 aromatic rings. The summed E-state index contributed by atoms with van der Waals surface area (Å²) in [4.78, 5) is 3.99. The summed E-state index contributed by atoms with van der Waals surface area (Å²) in [5, 5.41) is 7.77. The maximum Gasteiger partial charge on any atom is 0.416 e. The topological polar surface area (TPSA) is 42.7 Å². The van der Waals surface area contributed by atoms with Gasteiger partial charge in [-0.05, 0) is 36.8 Å². The number of hydrogen-bond acceptors (Lipinski definition) is 3. The number of fused-ring (bicyclic) bond motifs is 1. The number of hydrogen-bond donors (Lipinski definition) is 1. The fourth-order valence-corrected chi connectivity index (χ4v) is 2.92. The van der Waals surface area contributed by atoms with Gasteiger partial charge in [-0.15, -0.1) is 0 Å². The molecule has 24 heavy (non-hydrogen) atoms. The number of alkyl halides is 3. The second-order valence-corrected chi connectivity index (χ2v) is 5.55. The third-order valence-electron chi connectivity index (χ3n) is 4.02. The summed E-state index contributed by atoms with van der Waals surface area (Å²) in [6.45, 7) is 0.740. The van der Waals surface area contributed by atoms with Crippen molar-refractivity contribution in [2.45, 2.75) is 12.6 Å². The fraction of sp³-hybridized carbons (Fsp3) is 0.176. The number of halogens is 3. The molecular weight excluding hydrogens is 317 g/mol.